The van der Waals surface area contributed by atoms with E-state index in [4.69, 9.17) is 0 Å². The van der Waals surface area contributed by atoms with Crippen LogP contribution < -0.4 is 0 Å². The van der Waals surface area contributed by atoms with E-state index >= 15 is 0 Å². The summed E-state index contributed by atoms with van der Waals surface area (Å²) in [6.07, 6.45) is 6.39. The number of aryl methyl sites for hydroxylation is 3. The predicted molar refractivity (Wildman–Crippen MR) is 77.0 cm³/mol. The van der Waals surface area contributed by atoms with Gasteiger partial charge < -0.3 is 4.57 Å². The third-order valence-electron chi connectivity index (χ3n) is 3.77. The van der Waals surface area contributed by atoms with Crippen molar-refractivity contribution in [2.24, 2.45) is 0 Å². The maximum atomic E-state index is 12.4. The zero-order valence-electron chi connectivity index (χ0n) is 11.4. The fourth-order valence-corrected chi connectivity index (χ4v) is 3.76. The number of imidazole rings is 1. The standard InChI is InChI=1S/C15H18N2OS/c1-10-7-12(11(2)19-10)15(18)8-17-9-16-13-5-3-4-6-14(13)17/h7,9H,3-6,8H2,1-2H3. The molecule has 0 radical (unpaired) electrons. The van der Waals surface area contributed by atoms with Crippen molar-refractivity contribution < 1.29 is 4.79 Å². The number of nitrogens with zero attached hydrogens (tertiary/aromatic N) is 2. The molecule has 1 aliphatic rings. The van der Waals surface area contributed by atoms with Crippen molar-refractivity contribution in [3.8, 4) is 0 Å². The second-order valence-electron chi connectivity index (χ2n) is 5.22. The van der Waals surface area contributed by atoms with Gasteiger partial charge in [-0.05, 0) is 45.6 Å². The minimum Gasteiger partial charge on any atom is -0.327 e. The van der Waals surface area contributed by atoms with Crippen molar-refractivity contribution in [1.82, 2.24) is 9.55 Å². The molecule has 19 heavy (non-hydrogen) atoms. The number of hydrogen-bond acceptors (Lipinski definition) is 3. The van der Waals surface area contributed by atoms with Crippen molar-refractivity contribution in [3.63, 3.8) is 0 Å². The van der Waals surface area contributed by atoms with Crippen molar-refractivity contribution in [1.29, 1.82) is 0 Å². The second kappa shape index (κ2) is 4.93. The van der Waals surface area contributed by atoms with E-state index in [1.807, 2.05) is 30.8 Å². The van der Waals surface area contributed by atoms with Crippen molar-refractivity contribution in [2.45, 2.75) is 46.1 Å². The highest BCUT2D eigenvalue weighted by atomic mass is 32.1. The van der Waals surface area contributed by atoms with E-state index in [2.05, 4.69) is 4.98 Å². The van der Waals surface area contributed by atoms with Gasteiger partial charge in [0.2, 0.25) is 0 Å². The molecule has 100 valence electrons. The van der Waals surface area contributed by atoms with Gasteiger partial charge in [0, 0.05) is 21.0 Å². The molecule has 2 heterocycles. The Morgan fingerprint density at radius 1 is 1.37 bits per heavy atom. The molecule has 0 fully saturated rings. The van der Waals surface area contributed by atoms with Crippen LogP contribution in [-0.2, 0) is 19.4 Å². The number of thiophene rings is 1. The van der Waals surface area contributed by atoms with Gasteiger partial charge in [0.05, 0.1) is 18.6 Å². The molecule has 0 spiro atoms. The number of aromatic nitrogens is 2. The fraction of sp³-hybridized carbons (Fsp3) is 0.467. The number of ketones is 1. The van der Waals surface area contributed by atoms with Crippen molar-refractivity contribution >= 4 is 17.1 Å². The van der Waals surface area contributed by atoms with Crippen LogP contribution in [0.2, 0.25) is 0 Å². The molecule has 0 saturated carbocycles. The lowest BCUT2D eigenvalue weighted by atomic mass is 10.0. The molecule has 0 aliphatic heterocycles. The van der Waals surface area contributed by atoms with Crippen LogP contribution in [0.3, 0.4) is 0 Å². The summed E-state index contributed by atoms with van der Waals surface area (Å²) >= 11 is 1.69. The number of fused-ring (bicyclic) bond motifs is 1. The van der Waals surface area contributed by atoms with E-state index in [9.17, 15) is 4.79 Å². The van der Waals surface area contributed by atoms with Gasteiger partial charge in [0.25, 0.3) is 0 Å². The van der Waals surface area contributed by atoms with Gasteiger partial charge in [-0.25, -0.2) is 4.98 Å². The SMILES string of the molecule is Cc1cc(C(=O)Cn2cnc3c2CCCC3)c(C)s1. The molecule has 0 bridgehead atoms. The van der Waals surface area contributed by atoms with E-state index in [-0.39, 0.29) is 5.78 Å². The molecule has 1 aliphatic carbocycles. The van der Waals surface area contributed by atoms with Crippen LogP contribution in [0.15, 0.2) is 12.4 Å². The zero-order valence-corrected chi connectivity index (χ0v) is 12.2. The predicted octanol–water partition coefficient (Wildman–Crippen LogP) is 3.32. The highest BCUT2D eigenvalue weighted by Crippen LogP contribution is 2.23. The molecule has 3 nitrogen and oxygen atoms in total. The summed E-state index contributed by atoms with van der Waals surface area (Å²) in [4.78, 5) is 19.2. The first-order valence-corrected chi connectivity index (χ1v) is 7.60. The largest absolute Gasteiger partial charge is 0.327 e. The Balaban J connectivity index is 1.83. The molecule has 0 aromatic carbocycles. The zero-order chi connectivity index (χ0) is 13.4. The smallest absolute Gasteiger partial charge is 0.183 e. The topological polar surface area (TPSA) is 34.9 Å². The van der Waals surface area contributed by atoms with Crippen molar-refractivity contribution in [2.75, 3.05) is 0 Å². The Morgan fingerprint density at radius 3 is 2.89 bits per heavy atom. The molecule has 3 rings (SSSR count). The lowest BCUT2D eigenvalue weighted by Gasteiger charge is -2.13. The molecule has 0 saturated heterocycles. The summed E-state index contributed by atoms with van der Waals surface area (Å²) in [5.74, 6) is 0.202. The monoisotopic (exact) mass is 274 g/mol. The first kappa shape index (κ1) is 12.6. The lowest BCUT2D eigenvalue weighted by Crippen LogP contribution is -2.14. The van der Waals surface area contributed by atoms with Gasteiger partial charge >= 0.3 is 0 Å². The Hall–Kier alpha value is -1.42. The van der Waals surface area contributed by atoms with Gasteiger partial charge in [-0.1, -0.05) is 0 Å². The summed E-state index contributed by atoms with van der Waals surface area (Å²) in [5, 5.41) is 0. The molecule has 0 unspecified atom stereocenters. The minimum absolute atomic E-state index is 0.202. The molecule has 4 heteroatoms. The summed E-state index contributed by atoms with van der Waals surface area (Å²) in [7, 11) is 0. The Morgan fingerprint density at radius 2 is 2.16 bits per heavy atom. The molecule has 0 atom stereocenters. The second-order valence-corrected chi connectivity index (χ2v) is 6.68. The van der Waals surface area contributed by atoms with Gasteiger partial charge in [0.1, 0.15) is 0 Å². The Kier molecular flexibility index (Phi) is 3.27. The molecular formula is C15H18N2OS. The first-order chi connectivity index (χ1) is 9.15. The van der Waals surface area contributed by atoms with Crippen LogP contribution in [-0.4, -0.2) is 15.3 Å². The van der Waals surface area contributed by atoms with Crippen LogP contribution >= 0.6 is 11.3 Å². The van der Waals surface area contributed by atoms with Gasteiger partial charge in [-0.15, -0.1) is 11.3 Å². The van der Waals surface area contributed by atoms with E-state index in [0.717, 1.165) is 23.3 Å². The van der Waals surface area contributed by atoms with Crippen LogP contribution in [0, 0.1) is 13.8 Å². The van der Waals surface area contributed by atoms with Crippen LogP contribution in [0.1, 0.15) is 44.3 Å². The van der Waals surface area contributed by atoms with E-state index in [0.29, 0.717) is 6.54 Å². The minimum atomic E-state index is 0.202. The molecule has 2 aromatic rings. The van der Waals surface area contributed by atoms with Gasteiger partial charge in [0.15, 0.2) is 5.78 Å². The molecule has 0 N–H and O–H groups in total. The normalized spacial score (nSPS) is 14.4. The van der Waals surface area contributed by atoms with Gasteiger partial charge in [-0.3, -0.25) is 4.79 Å². The van der Waals surface area contributed by atoms with E-state index in [1.165, 1.54) is 29.1 Å². The quantitative estimate of drug-likeness (QED) is 0.805. The summed E-state index contributed by atoms with van der Waals surface area (Å²) in [6.45, 7) is 4.50. The van der Waals surface area contributed by atoms with Crippen LogP contribution in [0.25, 0.3) is 0 Å². The fourth-order valence-electron chi connectivity index (χ4n) is 2.81. The number of hydrogen-bond donors (Lipinski definition) is 0. The lowest BCUT2D eigenvalue weighted by molar-refractivity contribution is 0.0971. The average molecular weight is 274 g/mol. The van der Waals surface area contributed by atoms with Crippen molar-refractivity contribution in [3.05, 3.63) is 39.1 Å². The Bertz CT molecular complexity index is 624. The van der Waals surface area contributed by atoms with E-state index < -0.39 is 0 Å². The highest BCUT2D eigenvalue weighted by molar-refractivity contribution is 7.12. The van der Waals surface area contributed by atoms with E-state index in [1.54, 1.807) is 11.3 Å². The summed E-state index contributed by atoms with van der Waals surface area (Å²) in [6, 6.07) is 2.01. The summed E-state index contributed by atoms with van der Waals surface area (Å²) < 4.78 is 2.04. The van der Waals surface area contributed by atoms with Gasteiger partial charge in [-0.2, -0.15) is 0 Å². The third kappa shape index (κ3) is 2.37. The summed E-state index contributed by atoms with van der Waals surface area (Å²) in [5.41, 5.74) is 3.34. The number of carbonyl (C=O) groups excluding carboxylic acids is 1. The van der Waals surface area contributed by atoms with Crippen LogP contribution in [0.5, 0.6) is 0 Å². The molecule has 0 amide bonds. The maximum Gasteiger partial charge on any atom is 0.183 e. The molecular weight excluding hydrogens is 256 g/mol. The maximum absolute atomic E-state index is 12.4. The highest BCUT2D eigenvalue weighted by Gasteiger charge is 2.18. The average Bonchev–Trinajstić information content (AvgIpc) is 2.94. The molecule has 2 aromatic heterocycles. The number of Topliss-reactive ketones (excluding diaryl/α,β-unsaturated/α-hetero) is 1. The number of rotatable bonds is 3. The van der Waals surface area contributed by atoms with Crippen LogP contribution in [0.4, 0.5) is 0 Å². The first-order valence-electron chi connectivity index (χ1n) is 6.78. The number of carbonyl (C=O) groups is 1. The Labute approximate surface area is 117 Å². The third-order valence-corrected chi connectivity index (χ3v) is 4.73.